The number of fused-ring (bicyclic) bond motifs is 1. The number of carbonyl (C=O) groups excluding carboxylic acids is 2. The molecule has 1 aliphatic heterocycles. The van der Waals surface area contributed by atoms with Crippen LogP contribution in [0.5, 0.6) is 17.2 Å². The van der Waals surface area contributed by atoms with Gasteiger partial charge in [0.1, 0.15) is 22.8 Å². The highest BCUT2D eigenvalue weighted by Crippen LogP contribution is 2.39. The molecule has 0 bridgehead atoms. The summed E-state index contributed by atoms with van der Waals surface area (Å²) in [5.74, 6) is 1.00. The summed E-state index contributed by atoms with van der Waals surface area (Å²) >= 11 is 1.41. The van der Waals surface area contributed by atoms with Crippen molar-refractivity contribution in [2.24, 2.45) is 0 Å². The van der Waals surface area contributed by atoms with Gasteiger partial charge in [0.05, 0.1) is 25.6 Å². The molecule has 0 saturated heterocycles. The molecule has 2 heterocycles. The van der Waals surface area contributed by atoms with Crippen molar-refractivity contribution >= 4 is 34.0 Å². The van der Waals surface area contributed by atoms with E-state index < -0.39 is 0 Å². The van der Waals surface area contributed by atoms with E-state index in [0.29, 0.717) is 33.6 Å². The third kappa shape index (κ3) is 3.87. The van der Waals surface area contributed by atoms with Gasteiger partial charge in [0.25, 0.3) is 11.8 Å². The Morgan fingerprint density at radius 1 is 1.22 bits per heavy atom. The average Bonchev–Trinajstić information content (AvgIpc) is 3.23. The van der Waals surface area contributed by atoms with Crippen LogP contribution in [0.15, 0.2) is 36.4 Å². The number of methoxy groups -OCH3 is 2. The molecule has 32 heavy (non-hydrogen) atoms. The second-order valence-electron chi connectivity index (χ2n) is 7.06. The first-order valence-corrected chi connectivity index (χ1v) is 10.8. The largest absolute Gasteiger partial charge is 0.496 e. The summed E-state index contributed by atoms with van der Waals surface area (Å²) in [5, 5.41) is 3.34. The van der Waals surface area contributed by atoms with Crippen molar-refractivity contribution in [3.8, 4) is 28.5 Å². The highest BCUT2D eigenvalue weighted by molar-refractivity contribution is 7.16. The molecular weight excluding hydrogens is 430 g/mol. The second-order valence-corrected chi connectivity index (χ2v) is 8.14. The van der Waals surface area contributed by atoms with Crippen molar-refractivity contribution < 1.29 is 23.8 Å². The van der Waals surface area contributed by atoms with E-state index in [1.807, 2.05) is 25.1 Å². The summed E-state index contributed by atoms with van der Waals surface area (Å²) in [6.07, 6.45) is 0.739. The van der Waals surface area contributed by atoms with Crippen LogP contribution in [0, 0.1) is 0 Å². The maximum atomic E-state index is 13.0. The fourth-order valence-electron chi connectivity index (χ4n) is 3.52. The van der Waals surface area contributed by atoms with Gasteiger partial charge in [0, 0.05) is 17.5 Å². The van der Waals surface area contributed by atoms with Crippen LogP contribution in [0.2, 0.25) is 0 Å². The van der Waals surface area contributed by atoms with E-state index in [2.05, 4.69) is 10.3 Å². The van der Waals surface area contributed by atoms with Crippen molar-refractivity contribution in [2.45, 2.75) is 13.3 Å². The van der Waals surface area contributed by atoms with E-state index in [4.69, 9.17) is 14.2 Å². The van der Waals surface area contributed by atoms with E-state index in [9.17, 15) is 9.59 Å². The van der Waals surface area contributed by atoms with Gasteiger partial charge in [0.15, 0.2) is 11.7 Å². The third-order valence-corrected chi connectivity index (χ3v) is 6.33. The molecule has 0 unspecified atom stereocenters. The maximum absolute atomic E-state index is 13.0. The number of ether oxygens (including phenoxy) is 3. The Balaban J connectivity index is 1.67. The van der Waals surface area contributed by atoms with Crippen molar-refractivity contribution in [3.63, 3.8) is 0 Å². The molecule has 2 aromatic carbocycles. The minimum atomic E-state index is -0.369. The summed E-state index contributed by atoms with van der Waals surface area (Å²) < 4.78 is 16.2. The molecule has 0 aliphatic carbocycles. The first-order valence-electron chi connectivity index (χ1n) is 10.0. The number of nitrogens with one attached hydrogen (secondary N) is 1. The lowest BCUT2D eigenvalue weighted by molar-refractivity contribution is -0.120. The smallest absolute Gasteiger partial charge is 0.265 e. The minimum absolute atomic E-state index is 0.0301. The van der Waals surface area contributed by atoms with Gasteiger partial charge in [0.2, 0.25) is 0 Å². The SMILES string of the molecule is CCc1sc(NC(=O)c2c(OC)cccc2OC)nc1-c1ccc2c(c1)N(C)C(=O)CO2. The van der Waals surface area contributed by atoms with Crippen LogP contribution in [0.1, 0.15) is 22.2 Å². The van der Waals surface area contributed by atoms with Crippen LogP contribution in [0.4, 0.5) is 10.8 Å². The number of rotatable bonds is 6. The van der Waals surface area contributed by atoms with Gasteiger partial charge in [-0.2, -0.15) is 0 Å². The number of hydrogen-bond acceptors (Lipinski definition) is 7. The summed E-state index contributed by atoms with van der Waals surface area (Å²) in [6, 6.07) is 10.8. The first kappa shape index (κ1) is 21.6. The lowest BCUT2D eigenvalue weighted by Gasteiger charge is -2.26. The number of amides is 2. The van der Waals surface area contributed by atoms with Crippen LogP contribution >= 0.6 is 11.3 Å². The second kappa shape index (κ2) is 8.88. The summed E-state index contributed by atoms with van der Waals surface area (Å²) in [4.78, 5) is 32.3. The van der Waals surface area contributed by atoms with Gasteiger partial charge in [-0.25, -0.2) is 4.98 Å². The molecule has 0 atom stereocenters. The Hall–Kier alpha value is -3.59. The third-order valence-electron chi connectivity index (χ3n) is 5.21. The van der Waals surface area contributed by atoms with E-state index in [1.165, 1.54) is 25.6 Å². The van der Waals surface area contributed by atoms with Crippen LogP contribution < -0.4 is 24.4 Å². The summed E-state index contributed by atoms with van der Waals surface area (Å²) in [7, 11) is 4.73. The summed E-state index contributed by atoms with van der Waals surface area (Å²) in [6.45, 7) is 2.06. The average molecular weight is 454 g/mol. The molecule has 0 saturated carbocycles. The number of aryl methyl sites for hydroxylation is 1. The van der Waals surface area contributed by atoms with Gasteiger partial charge < -0.3 is 19.1 Å². The van der Waals surface area contributed by atoms with E-state index in [0.717, 1.165) is 22.6 Å². The van der Waals surface area contributed by atoms with Gasteiger partial charge in [-0.1, -0.05) is 13.0 Å². The monoisotopic (exact) mass is 453 g/mol. The Morgan fingerprint density at radius 2 is 1.94 bits per heavy atom. The zero-order chi connectivity index (χ0) is 22.8. The number of benzene rings is 2. The fourth-order valence-corrected chi connectivity index (χ4v) is 4.44. The van der Waals surface area contributed by atoms with Gasteiger partial charge in [-0.15, -0.1) is 11.3 Å². The van der Waals surface area contributed by atoms with Gasteiger partial charge >= 0.3 is 0 Å². The molecule has 3 aromatic rings. The maximum Gasteiger partial charge on any atom is 0.265 e. The number of nitrogens with zero attached hydrogens (tertiary/aromatic N) is 2. The topological polar surface area (TPSA) is 90.0 Å². The Kier molecular flexibility index (Phi) is 6.00. The fraction of sp³-hybridized carbons (Fsp3) is 0.261. The molecule has 1 aliphatic rings. The van der Waals surface area contributed by atoms with Crippen molar-refractivity contribution in [1.29, 1.82) is 0 Å². The molecule has 166 valence electrons. The number of carbonyl (C=O) groups is 2. The molecule has 8 nitrogen and oxygen atoms in total. The lowest BCUT2D eigenvalue weighted by atomic mass is 10.1. The molecular formula is C23H23N3O5S. The zero-order valence-corrected chi connectivity index (χ0v) is 19.0. The molecule has 0 fully saturated rings. The normalized spacial score (nSPS) is 12.8. The summed E-state index contributed by atoms with van der Waals surface area (Å²) in [5.41, 5.74) is 2.60. The van der Waals surface area contributed by atoms with Crippen LogP contribution in [-0.4, -0.2) is 44.7 Å². The Morgan fingerprint density at radius 3 is 2.59 bits per heavy atom. The van der Waals surface area contributed by atoms with Crippen molar-refractivity contribution in [2.75, 3.05) is 38.1 Å². The number of hydrogen-bond donors (Lipinski definition) is 1. The van der Waals surface area contributed by atoms with Crippen molar-refractivity contribution in [3.05, 3.63) is 46.8 Å². The van der Waals surface area contributed by atoms with Crippen LogP contribution in [0.25, 0.3) is 11.3 Å². The van der Waals surface area contributed by atoms with Gasteiger partial charge in [-0.05, 0) is 36.8 Å². The highest BCUT2D eigenvalue weighted by atomic mass is 32.1. The van der Waals surface area contributed by atoms with Crippen molar-refractivity contribution in [1.82, 2.24) is 4.98 Å². The quantitative estimate of drug-likeness (QED) is 0.607. The number of thiazole rings is 1. The lowest BCUT2D eigenvalue weighted by Crippen LogP contribution is -2.35. The van der Waals surface area contributed by atoms with E-state index in [1.54, 1.807) is 30.1 Å². The van der Waals surface area contributed by atoms with E-state index >= 15 is 0 Å². The first-order chi connectivity index (χ1) is 15.5. The zero-order valence-electron chi connectivity index (χ0n) is 18.2. The predicted molar refractivity (Wildman–Crippen MR) is 123 cm³/mol. The standard InChI is InChI=1S/C23H23N3O5S/c1-5-18-21(13-9-10-15-14(11-13)26(2)19(27)12-31-15)24-23(32-18)25-22(28)20-16(29-3)7-6-8-17(20)30-4/h6-11H,5,12H2,1-4H3,(H,24,25,28). The number of likely N-dealkylation sites (N-methyl/N-ethyl adjacent to an activating group) is 1. The minimum Gasteiger partial charge on any atom is -0.496 e. The molecule has 9 heteroatoms. The molecule has 2 amide bonds. The molecule has 0 radical (unpaired) electrons. The molecule has 1 N–H and O–H groups in total. The van der Waals surface area contributed by atoms with Gasteiger partial charge in [-0.3, -0.25) is 14.9 Å². The Bertz CT molecular complexity index is 1170. The van der Waals surface area contributed by atoms with E-state index in [-0.39, 0.29) is 18.4 Å². The van der Waals surface area contributed by atoms with Crippen LogP contribution in [-0.2, 0) is 11.2 Å². The molecule has 1 aromatic heterocycles. The Labute approximate surface area is 189 Å². The highest BCUT2D eigenvalue weighted by Gasteiger charge is 2.24. The predicted octanol–water partition coefficient (Wildman–Crippen LogP) is 4.00. The molecule has 4 rings (SSSR count). The molecule has 0 spiro atoms. The number of aromatic nitrogens is 1. The number of anilines is 2. The van der Waals surface area contributed by atoms with Crippen LogP contribution in [0.3, 0.4) is 0 Å².